The molecule has 0 aliphatic rings. The number of hydrogen-bond donors (Lipinski definition) is 0. The lowest BCUT2D eigenvalue weighted by atomic mass is 9.92. The highest BCUT2D eigenvalue weighted by molar-refractivity contribution is 6.26. The van der Waals surface area contributed by atoms with Gasteiger partial charge in [-0.25, -0.2) is 15.0 Å². The Balaban J connectivity index is 1.25. The average molecular weight is 715 g/mol. The minimum atomic E-state index is 0.586. The van der Waals surface area contributed by atoms with Gasteiger partial charge in [-0.1, -0.05) is 146 Å². The molecule has 3 heterocycles. The summed E-state index contributed by atoms with van der Waals surface area (Å²) in [7, 11) is 0. The molecule has 0 saturated heterocycles. The molecule has 5 nitrogen and oxygen atoms in total. The van der Waals surface area contributed by atoms with Gasteiger partial charge in [0.1, 0.15) is 11.2 Å². The maximum absolute atomic E-state index is 6.34. The number of aromatic nitrogens is 4. The Morgan fingerprint density at radius 2 is 0.821 bits per heavy atom. The highest BCUT2D eigenvalue weighted by atomic mass is 16.3. The van der Waals surface area contributed by atoms with Crippen LogP contribution in [0.2, 0.25) is 0 Å². The van der Waals surface area contributed by atoms with E-state index >= 15 is 0 Å². The zero-order valence-corrected chi connectivity index (χ0v) is 30.0. The SMILES string of the molecule is c1ccc(-c2nc(-c3cc4c5ccccc5c5ccccc5c4cc3-n3c4ccccc4c4ccccc43)nc(-c3cccc4oc5ccccc5c34)n2)cc1. The molecule has 0 saturated carbocycles. The minimum Gasteiger partial charge on any atom is -0.456 e. The molecule has 0 amide bonds. The van der Waals surface area contributed by atoms with Gasteiger partial charge in [0.2, 0.25) is 0 Å². The maximum atomic E-state index is 6.34. The van der Waals surface area contributed by atoms with Gasteiger partial charge in [0.15, 0.2) is 17.5 Å². The van der Waals surface area contributed by atoms with Gasteiger partial charge < -0.3 is 8.98 Å². The van der Waals surface area contributed by atoms with Gasteiger partial charge in [-0.3, -0.25) is 0 Å². The quantitative estimate of drug-likeness (QED) is 0.170. The summed E-state index contributed by atoms with van der Waals surface area (Å²) in [5.74, 6) is 1.78. The number of rotatable bonds is 4. The first kappa shape index (κ1) is 30.8. The summed E-state index contributed by atoms with van der Waals surface area (Å²) >= 11 is 0. The van der Waals surface area contributed by atoms with Crippen LogP contribution in [0.3, 0.4) is 0 Å². The summed E-state index contributed by atoms with van der Waals surface area (Å²) in [6.07, 6.45) is 0. The summed E-state index contributed by atoms with van der Waals surface area (Å²) in [6.45, 7) is 0. The van der Waals surface area contributed by atoms with E-state index in [2.05, 4.69) is 138 Å². The van der Waals surface area contributed by atoms with Crippen LogP contribution in [0.25, 0.3) is 116 Å². The van der Waals surface area contributed by atoms with E-state index < -0.39 is 0 Å². The predicted octanol–water partition coefficient (Wildman–Crippen LogP) is 13.3. The van der Waals surface area contributed by atoms with Gasteiger partial charge in [0, 0.05) is 38.2 Å². The molecule has 0 aliphatic heterocycles. The molecule has 9 aromatic carbocycles. The molecule has 3 aromatic heterocycles. The third kappa shape index (κ3) is 4.52. The van der Waals surface area contributed by atoms with Crippen molar-refractivity contribution in [3.63, 3.8) is 0 Å². The summed E-state index contributed by atoms with van der Waals surface area (Å²) in [4.78, 5) is 16.0. The average Bonchev–Trinajstić information content (AvgIpc) is 3.82. The molecule has 12 aromatic rings. The van der Waals surface area contributed by atoms with Crippen LogP contribution in [0, 0.1) is 0 Å². The fourth-order valence-corrected chi connectivity index (χ4v) is 8.78. The molecule has 56 heavy (non-hydrogen) atoms. The van der Waals surface area contributed by atoms with Gasteiger partial charge in [-0.15, -0.1) is 0 Å². The summed E-state index contributed by atoms with van der Waals surface area (Å²) < 4.78 is 8.73. The van der Waals surface area contributed by atoms with Crippen molar-refractivity contribution < 1.29 is 4.42 Å². The standard InChI is InChI=1S/C51H30N4O/c1-2-15-31(16-3-1)49-52-50(39-24-14-28-47-48(39)38-23-10-13-27-46(38)56-47)54-51(53-49)42-29-40-34-19-6-4-17-32(34)33-18-5-7-20-35(33)41(40)30-45(42)55-43-25-11-8-21-36(43)37-22-9-12-26-44(37)55/h1-30H. The van der Waals surface area contributed by atoms with Crippen molar-refractivity contribution in [1.29, 1.82) is 0 Å². The van der Waals surface area contributed by atoms with Crippen LogP contribution in [0.4, 0.5) is 0 Å². The van der Waals surface area contributed by atoms with E-state index in [1.165, 1.54) is 37.7 Å². The van der Waals surface area contributed by atoms with Crippen molar-refractivity contribution in [2.24, 2.45) is 0 Å². The van der Waals surface area contributed by atoms with Gasteiger partial charge in [0.05, 0.1) is 16.7 Å². The van der Waals surface area contributed by atoms with Crippen molar-refractivity contribution in [2.45, 2.75) is 0 Å². The Morgan fingerprint density at radius 1 is 0.339 bits per heavy atom. The molecular formula is C51H30N4O. The highest BCUT2D eigenvalue weighted by Gasteiger charge is 2.23. The molecule has 5 heteroatoms. The number of nitrogens with zero attached hydrogens (tertiary/aromatic N) is 4. The van der Waals surface area contributed by atoms with Crippen molar-refractivity contribution in [1.82, 2.24) is 19.5 Å². The summed E-state index contributed by atoms with van der Waals surface area (Å²) in [5.41, 5.74) is 7.57. The van der Waals surface area contributed by atoms with Crippen molar-refractivity contribution in [3.05, 3.63) is 182 Å². The van der Waals surface area contributed by atoms with Crippen molar-refractivity contribution >= 4 is 76.1 Å². The fraction of sp³-hybridized carbons (Fsp3) is 0. The van der Waals surface area contributed by atoms with Crippen LogP contribution in [-0.4, -0.2) is 19.5 Å². The number of fused-ring (bicyclic) bond motifs is 12. The predicted molar refractivity (Wildman–Crippen MR) is 230 cm³/mol. The zero-order valence-electron chi connectivity index (χ0n) is 30.0. The largest absolute Gasteiger partial charge is 0.456 e. The monoisotopic (exact) mass is 714 g/mol. The van der Waals surface area contributed by atoms with E-state index in [-0.39, 0.29) is 0 Å². The first-order valence-electron chi connectivity index (χ1n) is 18.9. The molecule has 0 aliphatic carbocycles. The molecule has 12 rings (SSSR count). The van der Waals surface area contributed by atoms with E-state index in [0.29, 0.717) is 17.5 Å². The van der Waals surface area contributed by atoms with Gasteiger partial charge in [0.25, 0.3) is 0 Å². The molecular weight excluding hydrogens is 685 g/mol. The Bertz CT molecular complexity index is 3490. The van der Waals surface area contributed by atoms with E-state index in [9.17, 15) is 0 Å². The molecule has 0 radical (unpaired) electrons. The number of benzene rings is 9. The van der Waals surface area contributed by atoms with E-state index in [4.69, 9.17) is 19.4 Å². The second kappa shape index (κ2) is 11.9. The Morgan fingerprint density at radius 3 is 1.48 bits per heavy atom. The minimum absolute atomic E-state index is 0.586. The lowest BCUT2D eigenvalue weighted by Crippen LogP contribution is -2.04. The molecule has 0 spiro atoms. The third-order valence-corrected chi connectivity index (χ3v) is 11.2. The molecule has 260 valence electrons. The lowest BCUT2D eigenvalue weighted by molar-refractivity contribution is 0.669. The first-order valence-corrected chi connectivity index (χ1v) is 18.9. The second-order valence-electron chi connectivity index (χ2n) is 14.3. The van der Waals surface area contributed by atoms with Gasteiger partial charge in [-0.05, 0) is 68.7 Å². The van der Waals surface area contributed by atoms with Gasteiger partial charge in [-0.2, -0.15) is 0 Å². The molecule has 0 fully saturated rings. The molecule has 0 N–H and O–H groups in total. The van der Waals surface area contributed by atoms with E-state index in [1.54, 1.807) is 0 Å². The first-order chi connectivity index (χ1) is 27.8. The molecule has 0 unspecified atom stereocenters. The van der Waals surface area contributed by atoms with Crippen LogP contribution >= 0.6 is 0 Å². The van der Waals surface area contributed by atoms with Crippen LogP contribution in [0.5, 0.6) is 0 Å². The van der Waals surface area contributed by atoms with Crippen LogP contribution in [-0.2, 0) is 0 Å². The van der Waals surface area contributed by atoms with E-state index in [1.807, 2.05) is 48.5 Å². The maximum Gasteiger partial charge on any atom is 0.166 e. The summed E-state index contributed by atoms with van der Waals surface area (Å²) in [5, 5.41) is 11.5. The second-order valence-corrected chi connectivity index (χ2v) is 14.3. The molecule has 0 atom stereocenters. The zero-order chi connectivity index (χ0) is 36.7. The topological polar surface area (TPSA) is 56.7 Å². The Kier molecular flexibility index (Phi) is 6.56. The van der Waals surface area contributed by atoms with Crippen LogP contribution in [0.1, 0.15) is 0 Å². The highest BCUT2D eigenvalue weighted by Crippen LogP contribution is 2.43. The van der Waals surface area contributed by atoms with Crippen molar-refractivity contribution in [2.75, 3.05) is 0 Å². The number of furan rings is 1. The van der Waals surface area contributed by atoms with Crippen molar-refractivity contribution in [3.8, 4) is 39.9 Å². The van der Waals surface area contributed by atoms with Crippen LogP contribution in [0.15, 0.2) is 186 Å². The molecule has 0 bridgehead atoms. The van der Waals surface area contributed by atoms with Gasteiger partial charge >= 0.3 is 0 Å². The van der Waals surface area contributed by atoms with Crippen LogP contribution < -0.4 is 0 Å². The third-order valence-electron chi connectivity index (χ3n) is 11.2. The lowest BCUT2D eigenvalue weighted by Gasteiger charge is -2.18. The number of para-hydroxylation sites is 3. The normalized spacial score (nSPS) is 11.9. The van der Waals surface area contributed by atoms with E-state index in [0.717, 1.165) is 60.7 Å². The summed E-state index contributed by atoms with van der Waals surface area (Å²) in [6, 6.07) is 63.9. The number of hydrogen-bond acceptors (Lipinski definition) is 4. The Hall–Kier alpha value is -7.63. The fourth-order valence-electron chi connectivity index (χ4n) is 8.78. The Labute approximate surface area is 320 Å². The smallest absolute Gasteiger partial charge is 0.166 e.